The highest BCUT2D eigenvalue weighted by molar-refractivity contribution is 5.95. The second kappa shape index (κ2) is 6.30. The molecule has 100 valence electrons. The molecule has 0 atom stereocenters. The van der Waals surface area contributed by atoms with Gasteiger partial charge in [0.1, 0.15) is 6.61 Å². The highest BCUT2D eigenvalue weighted by atomic mass is 19.2. The van der Waals surface area contributed by atoms with Crippen molar-refractivity contribution in [2.45, 2.75) is 20.0 Å². The van der Waals surface area contributed by atoms with Crippen LogP contribution in [0.3, 0.4) is 0 Å². The number of nitrogen functional groups attached to an aromatic ring is 1. The Morgan fingerprint density at radius 1 is 1.28 bits per heavy atom. The van der Waals surface area contributed by atoms with E-state index in [2.05, 4.69) is 0 Å². The molecule has 1 aromatic rings. The van der Waals surface area contributed by atoms with Gasteiger partial charge in [-0.1, -0.05) is 0 Å². The number of hydrogen-bond donors (Lipinski definition) is 1. The standard InChI is InChI=1S/C12H15F2NO3/c1-7(2)17-3-4-18-12(16)8-5-9(13)10(14)6-11(8)15/h5-7H,3-4,15H2,1-2H3. The van der Waals surface area contributed by atoms with E-state index in [4.69, 9.17) is 15.2 Å². The molecular formula is C12H15F2NO3. The van der Waals surface area contributed by atoms with Gasteiger partial charge in [0.2, 0.25) is 0 Å². The molecule has 0 saturated carbocycles. The summed E-state index contributed by atoms with van der Waals surface area (Å²) in [5.41, 5.74) is 5.05. The average molecular weight is 259 g/mol. The minimum Gasteiger partial charge on any atom is -0.460 e. The molecular weight excluding hydrogens is 244 g/mol. The fraction of sp³-hybridized carbons (Fsp3) is 0.417. The predicted octanol–water partition coefficient (Wildman–Crippen LogP) is 2.13. The van der Waals surface area contributed by atoms with Crippen molar-refractivity contribution in [2.24, 2.45) is 0 Å². The summed E-state index contributed by atoms with van der Waals surface area (Å²) in [7, 11) is 0. The van der Waals surface area contributed by atoms with Gasteiger partial charge in [-0.25, -0.2) is 13.6 Å². The normalized spacial score (nSPS) is 10.7. The Morgan fingerprint density at radius 2 is 1.89 bits per heavy atom. The van der Waals surface area contributed by atoms with E-state index in [0.717, 1.165) is 12.1 Å². The minimum absolute atomic E-state index is 0.0233. The molecule has 2 N–H and O–H groups in total. The molecule has 0 spiro atoms. The molecule has 6 heteroatoms. The van der Waals surface area contributed by atoms with Crippen LogP contribution < -0.4 is 5.73 Å². The van der Waals surface area contributed by atoms with E-state index in [-0.39, 0.29) is 30.6 Å². The fourth-order valence-corrected chi connectivity index (χ4v) is 1.23. The second-order valence-corrected chi connectivity index (χ2v) is 3.91. The lowest BCUT2D eigenvalue weighted by Gasteiger charge is -2.09. The Labute approximate surface area is 104 Å². The smallest absolute Gasteiger partial charge is 0.340 e. The molecule has 0 unspecified atom stereocenters. The number of anilines is 1. The predicted molar refractivity (Wildman–Crippen MR) is 62.1 cm³/mol. The summed E-state index contributed by atoms with van der Waals surface area (Å²) < 4.78 is 35.7. The summed E-state index contributed by atoms with van der Waals surface area (Å²) >= 11 is 0. The van der Waals surface area contributed by atoms with Gasteiger partial charge >= 0.3 is 5.97 Å². The number of esters is 1. The summed E-state index contributed by atoms with van der Waals surface area (Å²) in [5.74, 6) is -3.06. The quantitative estimate of drug-likeness (QED) is 0.500. The lowest BCUT2D eigenvalue weighted by atomic mass is 10.1. The average Bonchev–Trinajstić information content (AvgIpc) is 2.28. The first-order valence-corrected chi connectivity index (χ1v) is 5.45. The van der Waals surface area contributed by atoms with Crippen LogP contribution in [0.25, 0.3) is 0 Å². The van der Waals surface area contributed by atoms with Crippen LogP contribution in [-0.2, 0) is 9.47 Å². The molecule has 0 aromatic heterocycles. The monoisotopic (exact) mass is 259 g/mol. The van der Waals surface area contributed by atoms with Crippen molar-refractivity contribution in [3.05, 3.63) is 29.3 Å². The van der Waals surface area contributed by atoms with E-state index >= 15 is 0 Å². The third-order valence-electron chi connectivity index (χ3n) is 2.08. The van der Waals surface area contributed by atoms with Gasteiger partial charge in [-0.15, -0.1) is 0 Å². The third-order valence-corrected chi connectivity index (χ3v) is 2.08. The number of rotatable bonds is 5. The Morgan fingerprint density at radius 3 is 2.50 bits per heavy atom. The number of carbonyl (C=O) groups excluding carboxylic acids is 1. The van der Waals surface area contributed by atoms with Gasteiger partial charge < -0.3 is 15.2 Å². The first kappa shape index (κ1) is 14.4. The van der Waals surface area contributed by atoms with Gasteiger partial charge in [-0.2, -0.15) is 0 Å². The maximum absolute atomic E-state index is 13.0. The van der Waals surface area contributed by atoms with E-state index in [1.807, 2.05) is 13.8 Å². The summed E-state index contributed by atoms with van der Waals surface area (Å²) in [5, 5.41) is 0. The molecule has 0 heterocycles. The number of benzene rings is 1. The molecule has 0 amide bonds. The maximum atomic E-state index is 13.0. The molecule has 0 bridgehead atoms. The first-order chi connectivity index (χ1) is 8.41. The molecule has 0 radical (unpaired) electrons. The van der Waals surface area contributed by atoms with Crippen molar-refractivity contribution < 1.29 is 23.0 Å². The maximum Gasteiger partial charge on any atom is 0.340 e. The van der Waals surface area contributed by atoms with Crippen LogP contribution in [0.2, 0.25) is 0 Å². The van der Waals surface area contributed by atoms with E-state index in [1.165, 1.54) is 0 Å². The highest BCUT2D eigenvalue weighted by Crippen LogP contribution is 2.17. The molecule has 0 fully saturated rings. The molecule has 0 aliphatic carbocycles. The summed E-state index contributed by atoms with van der Waals surface area (Å²) in [6, 6.07) is 1.47. The van der Waals surface area contributed by atoms with Crippen LogP contribution in [0.5, 0.6) is 0 Å². The molecule has 1 rings (SSSR count). The summed E-state index contributed by atoms with van der Waals surface area (Å²) in [6.07, 6.45) is 0.0250. The topological polar surface area (TPSA) is 61.5 Å². The first-order valence-electron chi connectivity index (χ1n) is 5.45. The van der Waals surface area contributed by atoms with Crippen molar-refractivity contribution in [1.29, 1.82) is 0 Å². The van der Waals surface area contributed by atoms with Crippen LogP contribution >= 0.6 is 0 Å². The van der Waals surface area contributed by atoms with Crippen LogP contribution in [-0.4, -0.2) is 25.3 Å². The van der Waals surface area contributed by atoms with E-state index in [9.17, 15) is 13.6 Å². The van der Waals surface area contributed by atoms with Gasteiger partial charge in [0.05, 0.1) is 18.3 Å². The molecule has 0 saturated heterocycles. The Hall–Kier alpha value is -1.69. The van der Waals surface area contributed by atoms with Crippen LogP contribution in [0.4, 0.5) is 14.5 Å². The number of ether oxygens (including phenoxy) is 2. The van der Waals surface area contributed by atoms with E-state index in [1.54, 1.807) is 0 Å². The lowest BCUT2D eigenvalue weighted by molar-refractivity contribution is 0.0177. The molecule has 4 nitrogen and oxygen atoms in total. The third kappa shape index (κ3) is 3.96. The van der Waals surface area contributed by atoms with Gasteiger partial charge in [-0.3, -0.25) is 0 Å². The van der Waals surface area contributed by atoms with Crippen LogP contribution in [0.1, 0.15) is 24.2 Å². The van der Waals surface area contributed by atoms with Crippen molar-refractivity contribution in [2.75, 3.05) is 18.9 Å². The van der Waals surface area contributed by atoms with Crippen LogP contribution in [0.15, 0.2) is 12.1 Å². The SMILES string of the molecule is CC(C)OCCOC(=O)c1cc(F)c(F)cc1N. The lowest BCUT2D eigenvalue weighted by Crippen LogP contribution is -2.15. The minimum atomic E-state index is -1.14. The molecule has 18 heavy (non-hydrogen) atoms. The number of carbonyl (C=O) groups is 1. The second-order valence-electron chi connectivity index (χ2n) is 3.91. The number of halogens is 2. The number of nitrogens with two attached hydrogens (primary N) is 1. The summed E-state index contributed by atoms with van der Waals surface area (Å²) in [6.45, 7) is 3.94. The van der Waals surface area contributed by atoms with E-state index in [0.29, 0.717) is 0 Å². The van der Waals surface area contributed by atoms with Crippen molar-refractivity contribution in [1.82, 2.24) is 0 Å². The van der Waals surface area contributed by atoms with Gasteiger partial charge in [0.15, 0.2) is 11.6 Å². The zero-order valence-corrected chi connectivity index (χ0v) is 10.2. The van der Waals surface area contributed by atoms with Gasteiger partial charge in [0, 0.05) is 11.8 Å². The molecule has 0 aliphatic heterocycles. The zero-order valence-electron chi connectivity index (χ0n) is 10.2. The fourth-order valence-electron chi connectivity index (χ4n) is 1.23. The molecule has 1 aromatic carbocycles. The Balaban J connectivity index is 2.59. The Bertz CT molecular complexity index is 436. The van der Waals surface area contributed by atoms with Gasteiger partial charge in [-0.05, 0) is 19.9 Å². The Kier molecular flexibility index (Phi) is 5.03. The number of hydrogen-bond acceptors (Lipinski definition) is 4. The highest BCUT2D eigenvalue weighted by Gasteiger charge is 2.15. The zero-order chi connectivity index (χ0) is 13.7. The van der Waals surface area contributed by atoms with Crippen molar-refractivity contribution in [3.8, 4) is 0 Å². The van der Waals surface area contributed by atoms with E-state index < -0.39 is 17.6 Å². The van der Waals surface area contributed by atoms with Gasteiger partial charge in [0.25, 0.3) is 0 Å². The molecule has 0 aliphatic rings. The van der Waals surface area contributed by atoms with Crippen LogP contribution in [0, 0.1) is 11.6 Å². The van der Waals surface area contributed by atoms with Crippen molar-refractivity contribution in [3.63, 3.8) is 0 Å². The summed E-state index contributed by atoms with van der Waals surface area (Å²) in [4.78, 5) is 11.5. The van der Waals surface area contributed by atoms with Crippen molar-refractivity contribution >= 4 is 11.7 Å². The largest absolute Gasteiger partial charge is 0.460 e.